The van der Waals surface area contributed by atoms with E-state index in [2.05, 4.69) is 274 Å². The fourth-order valence-electron chi connectivity index (χ4n) is 10.8. The van der Waals surface area contributed by atoms with Gasteiger partial charge in [-0.15, -0.1) is 0 Å². The second-order valence-electron chi connectivity index (χ2n) is 19.3. The van der Waals surface area contributed by atoms with Crippen molar-refractivity contribution in [3.63, 3.8) is 0 Å². The summed E-state index contributed by atoms with van der Waals surface area (Å²) in [5.41, 5.74) is 23.3. The number of para-hydroxylation sites is 1. The standard InChI is InChI=1S/C67H54N2/c1-5-45(2)46-20-22-51(23-21-46)53-32-40-65-61(42-53)62-43-54(33-41-66(62)69(65)55-16-10-7-11-17-55)52-26-24-48(25-27-52)50-30-36-57(37-31-50)68(56-34-28-49(29-35-56)47-14-8-6-9-15-47)58-38-39-60-59-18-12-13-19-63(59)67(3,4)64(60)44-58/h6-45H,5H2,1-4H3. The van der Waals surface area contributed by atoms with Crippen LogP contribution in [0.3, 0.4) is 0 Å². The van der Waals surface area contributed by atoms with Crippen molar-refractivity contribution in [3.8, 4) is 61.3 Å². The van der Waals surface area contributed by atoms with Crippen molar-refractivity contribution < 1.29 is 0 Å². The molecule has 0 radical (unpaired) electrons. The lowest BCUT2D eigenvalue weighted by Gasteiger charge is -2.28. The number of rotatable bonds is 10. The van der Waals surface area contributed by atoms with Crippen LogP contribution < -0.4 is 4.90 Å². The molecule has 0 bridgehead atoms. The molecule has 1 heterocycles. The first-order valence-electron chi connectivity index (χ1n) is 24.5. The molecule has 0 N–H and O–H groups in total. The van der Waals surface area contributed by atoms with Crippen LogP contribution in [-0.2, 0) is 5.41 Å². The van der Waals surface area contributed by atoms with E-state index in [1.807, 2.05) is 0 Å². The summed E-state index contributed by atoms with van der Waals surface area (Å²) in [4.78, 5) is 2.40. The van der Waals surface area contributed by atoms with Crippen LogP contribution >= 0.6 is 0 Å². The molecule has 2 heteroatoms. The quantitative estimate of drug-likeness (QED) is 0.133. The smallest absolute Gasteiger partial charge is 0.0541 e. The Kier molecular flexibility index (Phi) is 10.5. The predicted molar refractivity (Wildman–Crippen MR) is 293 cm³/mol. The Morgan fingerprint density at radius 1 is 0.391 bits per heavy atom. The van der Waals surface area contributed by atoms with Gasteiger partial charge in [0.15, 0.2) is 0 Å². The summed E-state index contributed by atoms with van der Waals surface area (Å²) >= 11 is 0. The van der Waals surface area contributed by atoms with E-state index in [0.717, 1.165) is 29.2 Å². The minimum absolute atomic E-state index is 0.1000. The summed E-state index contributed by atoms with van der Waals surface area (Å²) in [6.07, 6.45) is 1.14. The van der Waals surface area contributed by atoms with Crippen molar-refractivity contribution in [1.29, 1.82) is 0 Å². The molecule has 0 fully saturated rings. The highest BCUT2D eigenvalue weighted by atomic mass is 15.1. The van der Waals surface area contributed by atoms with E-state index in [1.165, 1.54) is 94.1 Å². The third-order valence-electron chi connectivity index (χ3n) is 14.9. The summed E-state index contributed by atoms with van der Waals surface area (Å²) < 4.78 is 2.40. The van der Waals surface area contributed by atoms with Gasteiger partial charge in [-0.05, 0) is 157 Å². The van der Waals surface area contributed by atoms with Crippen LogP contribution in [0.4, 0.5) is 17.1 Å². The molecule has 0 spiro atoms. The lowest BCUT2D eigenvalue weighted by atomic mass is 9.82. The first-order valence-corrected chi connectivity index (χ1v) is 24.5. The Labute approximate surface area is 406 Å². The Balaban J connectivity index is 0.880. The number of nitrogens with zero attached hydrogens (tertiary/aromatic N) is 2. The first-order chi connectivity index (χ1) is 33.8. The van der Waals surface area contributed by atoms with Gasteiger partial charge in [0.05, 0.1) is 11.0 Å². The monoisotopic (exact) mass is 886 g/mol. The minimum Gasteiger partial charge on any atom is -0.310 e. The molecule has 2 nitrogen and oxygen atoms in total. The molecule has 0 amide bonds. The van der Waals surface area contributed by atoms with Crippen LogP contribution in [0.2, 0.25) is 0 Å². The number of anilines is 3. The Morgan fingerprint density at radius 2 is 0.812 bits per heavy atom. The SMILES string of the molecule is CCC(C)c1ccc(-c2ccc3c(c2)c2cc(-c4ccc(-c5ccc(N(c6ccc(-c7ccccc7)cc6)c6ccc7c(c6)C(C)(C)c6ccccc6-7)cc5)cc4)ccc2n3-c2ccccc2)cc1. The van der Waals surface area contributed by atoms with Gasteiger partial charge >= 0.3 is 0 Å². The maximum atomic E-state index is 2.41. The van der Waals surface area contributed by atoms with Gasteiger partial charge in [-0.25, -0.2) is 0 Å². The summed E-state index contributed by atoms with van der Waals surface area (Å²) in [5, 5.41) is 2.51. The van der Waals surface area contributed by atoms with Crippen LogP contribution in [0.5, 0.6) is 0 Å². The predicted octanol–water partition coefficient (Wildman–Crippen LogP) is 18.7. The third kappa shape index (κ3) is 7.45. The zero-order valence-electron chi connectivity index (χ0n) is 39.7. The van der Waals surface area contributed by atoms with Crippen LogP contribution in [0.15, 0.2) is 237 Å². The molecule has 1 atom stereocenters. The molecule has 332 valence electrons. The van der Waals surface area contributed by atoms with E-state index in [-0.39, 0.29) is 5.41 Å². The van der Waals surface area contributed by atoms with Crippen molar-refractivity contribution in [2.24, 2.45) is 0 Å². The molecule has 69 heavy (non-hydrogen) atoms. The topological polar surface area (TPSA) is 8.17 Å². The van der Waals surface area contributed by atoms with Crippen LogP contribution in [0.1, 0.15) is 56.7 Å². The van der Waals surface area contributed by atoms with E-state index >= 15 is 0 Å². The minimum atomic E-state index is -0.1000. The number of benzene rings is 10. The van der Waals surface area contributed by atoms with Crippen molar-refractivity contribution in [2.75, 3.05) is 4.90 Å². The van der Waals surface area contributed by atoms with Gasteiger partial charge in [-0.1, -0.05) is 191 Å². The van der Waals surface area contributed by atoms with Gasteiger partial charge in [-0.3, -0.25) is 0 Å². The van der Waals surface area contributed by atoms with Gasteiger partial charge in [0, 0.05) is 38.9 Å². The van der Waals surface area contributed by atoms with E-state index in [1.54, 1.807) is 0 Å². The lowest BCUT2D eigenvalue weighted by Crippen LogP contribution is -2.16. The van der Waals surface area contributed by atoms with E-state index in [9.17, 15) is 0 Å². The highest BCUT2D eigenvalue weighted by Gasteiger charge is 2.35. The second kappa shape index (κ2) is 17.1. The molecule has 1 aromatic heterocycles. The summed E-state index contributed by atoms with van der Waals surface area (Å²) in [7, 11) is 0. The first kappa shape index (κ1) is 42.2. The van der Waals surface area contributed by atoms with Gasteiger partial charge in [0.1, 0.15) is 0 Å². The fourth-order valence-corrected chi connectivity index (χ4v) is 10.8. The van der Waals surface area contributed by atoms with Crippen LogP contribution in [0.25, 0.3) is 83.1 Å². The normalized spacial score (nSPS) is 13.0. The Hall–Kier alpha value is -8.20. The van der Waals surface area contributed by atoms with Gasteiger partial charge in [-0.2, -0.15) is 0 Å². The van der Waals surface area contributed by atoms with Crippen molar-refractivity contribution >= 4 is 38.9 Å². The maximum absolute atomic E-state index is 2.41. The summed E-state index contributed by atoms with van der Waals surface area (Å²) in [5.74, 6) is 0.554. The van der Waals surface area contributed by atoms with Gasteiger partial charge in [0.2, 0.25) is 0 Å². The number of aromatic nitrogens is 1. The third-order valence-corrected chi connectivity index (χ3v) is 14.9. The average Bonchev–Trinajstić information content (AvgIpc) is 3.86. The number of hydrogen-bond donors (Lipinski definition) is 0. The lowest BCUT2D eigenvalue weighted by molar-refractivity contribution is 0.660. The highest BCUT2D eigenvalue weighted by Crippen LogP contribution is 2.51. The molecule has 10 aromatic carbocycles. The molecule has 12 rings (SSSR count). The van der Waals surface area contributed by atoms with Crippen LogP contribution in [0, 0.1) is 0 Å². The maximum Gasteiger partial charge on any atom is 0.0541 e. The van der Waals surface area contributed by atoms with Crippen LogP contribution in [-0.4, -0.2) is 4.57 Å². The molecular formula is C67H54N2. The zero-order chi connectivity index (χ0) is 46.6. The van der Waals surface area contributed by atoms with Crippen molar-refractivity contribution in [1.82, 2.24) is 4.57 Å². The summed E-state index contributed by atoms with van der Waals surface area (Å²) in [6.45, 7) is 9.27. The molecule has 0 saturated heterocycles. The molecule has 1 aliphatic rings. The fraction of sp³-hybridized carbons (Fsp3) is 0.104. The van der Waals surface area contributed by atoms with Crippen molar-refractivity contribution in [3.05, 3.63) is 253 Å². The zero-order valence-corrected chi connectivity index (χ0v) is 39.7. The van der Waals surface area contributed by atoms with Gasteiger partial charge < -0.3 is 9.47 Å². The summed E-state index contributed by atoms with van der Waals surface area (Å²) in [6, 6.07) is 87.5. The molecule has 1 aliphatic carbocycles. The molecular weight excluding hydrogens is 833 g/mol. The number of fused-ring (bicyclic) bond motifs is 6. The molecule has 0 aliphatic heterocycles. The second-order valence-corrected chi connectivity index (χ2v) is 19.3. The molecule has 1 unspecified atom stereocenters. The van der Waals surface area contributed by atoms with E-state index in [0.29, 0.717) is 5.92 Å². The van der Waals surface area contributed by atoms with E-state index < -0.39 is 0 Å². The Morgan fingerprint density at radius 3 is 1.36 bits per heavy atom. The largest absolute Gasteiger partial charge is 0.310 e. The van der Waals surface area contributed by atoms with Gasteiger partial charge in [0.25, 0.3) is 0 Å². The van der Waals surface area contributed by atoms with E-state index in [4.69, 9.17) is 0 Å². The Bertz CT molecular complexity index is 3640. The molecule has 11 aromatic rings. The molecule has 0 saturated carbocycles. The average molecular weight is 887 g/mol. The number of hydrogen-bond acceptors (Lipinski definition) is 1. The highest BCUT2D eigenvalue weighted by molar-refractivity contribution is 6.11. The van der Waals surface area contributed by atoms with Crippen molar-refractivity contribution in [2.45, 2.75) is 45.4 Å².